The van der Waals surface area contributed by atoms with Crippen molar-refractivity contribution in [3.8, 4) is 0 Å². The Labute approximate surface area is 195 Å². The third-order valence-corrected chi connectivity index (χ3v) is 6.55. The Morgan fingerprint density at radius 1 is 1.06 bits per heavy atom. The van der Waals surface area contributed by atoms with Crippen LogP contribution in [-0.4, -0.2) is 47.0 Å². The van der Waals surface area contributed by atoms with Crippen molar-refractivity contribution in [1.82, 2.24) is 15.1 Å². The Morgan fingerprint density at radius 3 is 2.36 bits per heavy atom. The lowest BCUT2D eigenvalue weighted by molar-refractivity contribution is -0.131. The second-order valence-corrected chi connectivity index (χ2v) is 9.14. The Bertz CT molecular complexity index is 1080. The van der Waals surface area contributed by atoms with Crippen LogP contribution in [0.3, 0.4) is 0 Å². The van der Waals surface area contributed by atoms with Crippen LogP contribution in [0.1, 0.15) is 65.8 Å². The van der Waals surface area contributed by atoms with Crippen LogP contribution in [-0.2, 0) is 11.2 Å². The van der Waals surface area contributed by atoms with Crippen molar-refractivity contribution in [3.63, 3.8) is 0 Å². The number of para-hydroxylation sites is 1. The van der Waals surface area contributed by atoms with Gasteiger partial charge >= 0.3 is 0 Å². The first kappa shape index (κ1) is 22.8. The molecule has 0 spiro atoms. The Hall–Kier alpha value is -3.41. The fourth-order valence-electron chi connectivity index (χ4n) is 4.34. The molecule has 6 nitrogen and oxygen atoms in total. The van der Waals surface area contributed by atoms with Gasteiger partial charge in [0.25, 0.3) is 5.91 Å². The van der Waals surface area contributed by atoms with E-state index in [1.165, 1.54) is 5.56 Å². The van der Waals surface area contributed by atoms with Gasteiger partial charge in [-0.1, -0.05) is 56.3 Å². The molecular weight excluding hydrogens is 412 g/mol. The number of benzene rings is 2. The first-order valence-electron chi connectivity index (χ1n) is 11.7. The number of nitrogens with one attached hydrogen (secondary N) is 1. The number of rotatable bonds is 6. The highest BCUT2D eigenvalue weighted by molar-refractivity contribution is 6.04. The molecule has 3 aromatic rings. The minimum atomic E-state index is -0.139. The maximum absolute atomic E-state index is 12.8. The van der Waals surface area contributed by atoms with E-state index in [1.54, 1.807) is 11.9 Å². The van der Waals surface area contributed by atoms with Crippen molar-refractivity contribution in [2.24, 2.45) is 0 Å². The molecule has 6 heteroatoms. The molecule has 1 aliphatic rings. The van der Waals surface area contributed by atoms with E-state index in [4.69, 9.17) is 0 Å². The molecule has 172 valence electrons. The first-order valence-corrected chi connectivity index (χ1v) is 11.7. The zero-order valence-electron chi connectivity index (χ0n) is 19.6. The highest BCUT2D eigenvalue weighted by Gasteiger charge is 2.26. The van der Waals surface area contributed by atoms with Crippen LogP contribution in [0, 0.1) is 0 Å². The molecule has 1 aromatic heterocycles. The van der Waals surface area contributed by atoms with Crippen molar-refractivity contribution in [3.05, 3.63) is 83.2 Å². The molecule has 1 saturated heterocycles. The summed E-state index contributed by atoms with van der Waals surface area (Å²) in [7, 11) is 1.76. The molecule has 1 fully saturated rings. The van der Waals surface area contributed by atoms with Crippen molar-refractivity contribution >= 4 is 17.5 Å². The smallest absolute Gasteiger partial charge is 0.278 e. The van der Waals surface area contributed by atoms with Gasteiger partial charge in [0.05, 0.1) is 6.42 Å². The van der Waals surface area contributed by atoms with E-state index in [1.807, 2.05) is 41.3 Å². The maximum atomic E-state index is 12.8. The van der Waals surface area contributed by atoms with Crippen LogP contribution in [0.5, 0.6) is 0 Å². The van der Waals surface area contributed by atoms with E-state index in [2.05, 4.69) is 48.3 Å². The zero-order chi connectivity index (χ0) is 23.4. The summed E-state index contributed by atoms with van der Waals surface area (Å²) in [5.41, 5.74) is 4.57. The van der Waals surface area contributed by atoms with Gasteiger partial charge in [-0.15, -0.1) is 0 Å². The topological polar surface area (TPSA) is 69.3 Å². The van der Waals surface area contributed by atoms with E-state index in [0.717, 1.165) is 42.9 Å². The number of H-pyrrole nitrogens is 1. The number of hydrogen-bond donors (Lipinski definition) is 1. The van der Waals surface area contributed by atoms with E-state index in [-0.39, 0.29) is 17.7 Å². The van der Waals surface area contributed by atoms with Gasteiger partial charge < -0.3 is 9.80 Å². The maximum Gasteiger partial charge on any atom is 0.278 e. The molecule has 0 bridgehead atoms. The van der Waals surface area contributed by atoms with Crippen LogP contribution in [0.4, 0.5) is 5.69 Å². The minimum Gasteiger partial charge on any atom is -0.342 e. The van der Waals surface area contributed by atoms with Gasteiger partial charge in [-0.25, -0.2) is 0 Å². The van der Waals surface area contributed by atoms with Crippen molar-refractivity contribution in [2.45, 2.75) is 44.9 Å². The molecule has 2 amide bonds. The number of piperidine rings is 1. The van der Waals surface area contributed by atoms with Crippen LogP contribution < -0.4 is 4.90 Å². The highest BCUT2D eigenvalue weighted by atomic mass is 16.2. The predicted molar refractivity (Wildman–Crippen MR) is 131 cm³/mol. The van der Waals surface area contributed by atoms with Crippen molar-refractivity contribution in [2.75, 3.05) is 25.0 Å². The number of carbonyl (C=O) groups excluding carboxylic acids is 2. The van der Waals surface area contributed by atoms with E-state index in [9.17, 15) is 9.59 Å². The van der Waals surface area contributed by atoms with Crippen LogP contribution in [0.2, 0.25) is 0 Å². The SMILES string of the molecule is CC(C)c1ccc(CC(=O)N2CCC(c3cc(C(=O)N(C)c4ccccc4)n[nH]3)CC2)cc1. The molecule has 0 saturated carbocycles. The molecule has 1 aliphatic heterocycles. The zero-order valence-corrected chi connectivity index (χ0v) is 19.6. The quantitative estimate of drug-likeness (QED) is 0.596. The van der Waals surface area contributed by atoms with E-state index in [0.29, 0.717) is 18.0 Å². The standard InChI is InChI=1S/C27H32N4O2/c1-19(2)21-11-9-20(10-12-21)17-26(32)31-15-13-22(14-16-31)24-18-25(29-28-24)27(33)30(3)23-7-5-4-6-8-23/h4-12,18-19,22H,13-17H2,1-3H3,(H,28,29). The van der Waals surface area contributed by atoms with Crippen molar-refractivity contribution < 1.29 is 9.59 Å². The third-order valence-electron chi connectivity index (χ3n) is 6.55. The summed E-state index contributed by atoms with van der Waals surface area (Å²) in [6, 6.07) is 19.8. The number of aromatic nitrogens is 2. The number of likely N-dealkylation sites (tertiary alicyclic amines) is 1. The van der Waals surface area contributed by atoms with Gasteiger partial charge in [-0.3, -0.25) is 14.7 Å². The molecule has 33 heavy (non-hydrogen) atoms. The lowest BCUT2D eigenvalue weighted by atomic mass is 9.93. The predicted octanol–water partition coefficient (Wildman–Crippen LogP) is 4.76. The summed E-state index contributed by atoms with van der Waals surface area (Å²) >= 11 is 0. The average Bonchev–Trinajstić information content (AvgIpc) is 3.34. The Kier molecular flexibility index (Phi) is 6.92. The van der Waals surface area contributed by atoms with Gasteiger partial charge in [0.2, 0.25) is 5.91 Å². The molecule has 0 aliphatic carbocycles. The molecule has 0 radical (unpaired) electrons. The number of carbonyl (C=O) groups is 2. The summed E-state index contributed by atoms with van der Waals surface area (Å²) in [4.78, 5) is 29.2. The third kappa shape index (κ3) is 5.33. The number of amides is 2. The molecular formula is C27H32N4O2. The highest BCUT2D eigenvalue weighted by Crippen LogP contribution is 2.28. The van der Waals surface area contributed by atoms with Gasteiger partial charge in [-0.2, -0.15) is 5.10 Å². The van der Waals surface area contributed by atoms with Gasteiger partial charge in [0.15, 0.2) is 5.69 Å². The fraction of sp³-hybridized carbons (Fsp3) is 0.370. The van der Waals surface area contributed by atoms with Crippen molar-refractivity contribution in [1.29, 1.82) is 0 Å². The van der Waals surface area contributed by atoms with Gasteiger partial charge in [0, 0.05) is 37.4 Å². The minimum absolute atomic E-state index is 0.139. The summed E-state index contributed by atoms with van der Waals surface area (Å²) in [6.07, 6.45) is 2.17. The van der Waals surface area contributed by atoms with Crippen LogP contribution >= 0.6 is 0 Å². The van der Waals surface area contributed by atoms with Gasteiger partial charge in [-0.05, 0) is 48.1 Å². The van der Waals surface area contributed by atoms with Gasteiger partial charge in [0.1, 0.15) is 0 Å². The number of anilines is 1. The summed E-state index contributed by atoms with van der Waals surface area (Å²) in [5.74, 6) is 0.803. The second kappa shape index (κ2) is 10.0. The summed E-state index contributed by atoms with van der Waals surface area (Å²) in [6.45, 7) is 5.79. The molecule has 2 aromatic carbocycles. The summed E-state index contributed by atoms with van der Waals surface area (Å²) in [5, 5.41) is 7.33. The normalized spacial score (nSPS) is 14.5. The fourth-order valence-corrected chi connectivity index (χ4v) is 4.34. The number of hydrogen-bond acceptors (Lipinski definition) is 3. The van der Waals surface area contributed by atoms with Crippen LogP contribution in [0.15, 0.2) is 60.7 Å². The largest absolute Gasteiger partial charge is 0.342 e. The molecule has 1 N–H and O–H groups in total. The lowest BCUT2D eigenvalue weighted by Crippen LogP contribution is -2.38. The van der Waals surface area contributed by atoms with Crippen LogP contribution in [0.25, 0.3) is 0 Å². The molecule has 0 unspecified atom stereocenters. The molecule has 2 heterocycles. The van der Waals surface area contributed by atoms with E-state index < -0.39 is 0 Å². The van der Waals surface area contributed by atoms with E-state index >= 15 is 0 Å². The molecule has 4 rings (SSSR count). The summed E-state index contributed by atoms with van der Waals surface area (Å²) < 4.78 is 0. The second-order valence-electron chi connectivity index (χ2n) is 9.14. The Balaban J connectivity index is 1.31. The lowest BCUT2D eigenvalue weighted by Gasteiger charge is -2.31. The molecule has 0 atom stereocenters. The average molecular weight is 445 g/mol. The number of aromatic amines is 1. The first-order chi connectivity index (χ1) is 15.9. The Morgan fingerprint density at radius 2 is 1.73 bits per heavy atom. The monoisotopic (exact) mass is 444 g/mol. The number of nitrogens with zero attached hydrogens (tertiary/aromatic N) is 3.